The van der Waals surface area contributed by atoms with Crippen molar-refractivity contribution in [2.75, 3.05) is 46.1 Å². The zero-order valence-corrected chi connectivity index (χ0v) is 18.0. The van der Waals surface area contributed by atoms with Crippen molar-refractivity contribution in [2.24, 2.45) is 0 Å². The summed E-state index contributed by atoms with van der Waals surface area (Å²) >= 11 is 5.70. The molecule has 0 radical (unpaired) electrons. The fourth-order valence-corrected chi connectivity index (χ4v) is 4.55. The molecule has 150 valence electrons. The third-order valence-corrected chi connectivity index (χ3v) is 7.04. The first-order valence-corrected chi connectivity index (χ1v) is 11.0. The van der Waals surface area contributed by atoms with E-state index in [1.54, 1.807) is 18.2 Å². The van der Waals surface area contributed by atoms with Crippen LogP contribution in [0.5, 0.6) is 0 Å². The first kappa shape index (κ1) is 20.7. The number of anilines is 1. The number of benzene rings is 2. The van der Waals surface area contributed by atoms with E-state index in [-0.39, 0.29) is 10.9 Å². The summed E-state index contributed by atoms with van der Waals surface area (Å²) in [4.78, 5) is 4.71. The predicted molar refractivity (Wildman–Crippen MR) is 117 cm³/mol. The van der Waals surface area contributed by atoms with Crippen LogP contribution in [0.2, 0.25) is 0 Å². The average molecular weight is 419 g/mol. The van der Waals surface area contributed by atoms with E-state index in [4.69, 9.17) is 12.2 Å². The van der Waals surface area contributed by atoms with Gasteiger partial charge in [0, 0.05) is 39.4 Å². The van der Waals surface area contributed by atoms with Gasteiger partial charge in [-0.25, -0.2) is 12.7 Å². The molecule has 0 spiro atoms. The highest BCUT2D eigenvalue weighted by molar-refractivity contribution is 7.89. The van der Waals surface area contributed by atoms with Crippen molar-refractivity contribution >= 4 is 33.0 Å². The molecule has 8 heteroatoms. The summed E-state index contributed by atoms with van der Waals surface area (Å²) in [6.45, 7) is 2.60. The number of nitrogens with zero attached hydrogens (tertiary/aromatic N) is 3. The largest absolute Gasteiger partial charge is 0.339 e. The highest BCUT2D eigenvalue weighted by atomic mass is 32.2. The summed E-state index contributed by atoms with van der Waals surface area (Å²) in [6, 6.07) is 17.2. The van der Waals surface area contributed by atoms with E-state index in [2.05, 4.69) is 34.3 Å². The van der Waals surface area contributed by atoms with Crippen LogP contribution in [0.15, 0.2) is 59.5 Å². The lowest BCUT2D eigenvalue weighted by molar-refractivity contribution is 0.153. The molecule has 1 aliphatic rings. The van der Waals surface area contributed by atoms with Crippen molar-refractivity contribution in [2.45, 2.75) is 10.9 Å². The molecular formula is C20H26N4O2S2. The minimum absolute atomic E-state index is 0.147. The van der Waals surface area contributed by atoms with E-state index >= 15 is 0 Å². The second kappa shape index (κ2) is 8.57. The number of rotatable bonds is 4. The molecule has 0 amide bonds. The molecular weight excluding hydrogens is 392 g/mol. The van der Waals surface area contributed by atoms with Crippen LogP contribution in [0.3, 0.4) is 0 Å². The van der Waals surface area contributed by atoms with Crippen LogP contribution in [0.4, 0.5) is 5.69 Å². The van der Waals surface area contributed by atoms with Gasteiger partial charge in [0.2, 0.25) is 10.0 Å². The molecule has 0 saturated carbocycles. The van der Waals surface area contributed by atoms with Crippen molar-refractivity contribution < 1.29 is 8.42 Å². The second-order valence-corrected chi connectivity index (χ2v) is 9.67. The van der Waals surface area contributed by atoms with Crippen LogP contribution >= 0.6 is 12.2 Å². The maximum atomic E-state index is 12.4. The number of sulfonamides is 1. The molecule has 2 aromatic carbocycles. The Hall–Kier alpha value is -2.00. The molecule has 1 aliphatic heterocycles. The zero-order valence-electron chi connectivity index (χ0n) is 16.4. The number of thiocarbonyl (C=S) groups is 1. The lowest BCUT2D eigenvalue weighted by atomic mass is 10.0. The summed E-state index contributed by atoms with van der Waals surface area (Å²) in [5.41, 5.74) is 1.88. The predicted octanol–water partition coefficient (Wildman–Crippen LogP) is 2.62. The number of piperazine rings is 1. The molecule has 1 heterocycles. The van der Waals surface area contributed by atoms with Crippen molar-refractivity contribution in [3.8, 4) is 0 Å². The first-order valence-electron chi connectivity index (χ1n) is 9.13. The topological polar surface area (TPSA) is 55.9 Å². The Morgan fingerprint density at radius 3 is 2.50 bits per heavy atom. The minimum atomic E-state index is -3.49. The highest BCUT2D eigenvalue weighted by Crippen LogP contribution is 2.26. The van der Waals surface area contributed by atoms with Gasteiger partial charge in [-0.2, -0.15) is 0 Å². The lowest BCUT2D eigenvalue weighted by Crippen LogP contribution is -2.50. The summed E-state index contributed by atoms with van der Waals surface area (Å²) in [5.74, 6) is 0. The zero-order chi connectivity index (χ0) is 20.3. The van der Waals surface area contributed by atoms with Gasteiger partial charge in [0.25, 0.3) is 0 Å². The Morgan fingerprint density at radius 2 is 1.82 bits per heavy atom. The molecule has 0 unspecified atom stereocenters. The fourth-order valence-electron chi connectivity index (χ4n) is 3.26. The SMILES string of the molecule is CN1CCN(C(=S)Nc2cccc(S(=O)(=O)N(C)C)c2)[C@H](c2ccccc2)C1. The van der Waals surface area contributed by atoms with E-state index < -0.39 is 10.0 Å². The maximum absolute atomic E-state index is 12.4. The number of hydrogen-bond acceptors (Lipinski definition) is 4. The van der Waals surface area contributed by atoms with E-state index in [1.165, 1.54) is 24.0 Å². The summed E-state index contributed by atoms with van der Waals surface area (Å²) < 4.78 is 26.0. The Bertz CT molecular complexity index is 932. The molecule has 1 N–H and O–H groups in total. The van der Waals surface area contributed by atoms with Gasteiger partial charge in [-0.15, -0.1) is 0 Å². The minimum Gasteiger partial charge on any atom is -0.339 e. The Balaban J connectivity index is 1.82. The Labute approximate surface area is 172 Å². The molecule has 1 atom stereocenters. The van der Waals surface area contributed by atoms with Gasteiger partial charge in [-0.3, -0.25) is 0 Å². The fraction of sp³-hybridized carbons (Fsp3) is 0.350. The normalized spacial score (nSPS) is 18.3. The maximum Gasteiger partial charge on any atom is 0.242 e. The molecule has 0 aromatic heterocycles. The van der Waals surface area contributed by atoms with Crippen LogP contribution in [0.25, 0.3) is 0 Å². The van der Waals surface area contributed by atoms with E-state index in [0.29, 0.717) is 10.8 Å². The van der Waals surface area contributed by atoms with Gasteiger partial charge in [0.15, 0.2) is 5.11 Å². The Morgan fingerprint density at radius 1 is 1.11 bits per heavy atom. The molecule has 0 aliphatic carbocycles. The summed E-state index contributed by atoms with van der Waals surface area (Å²) in [7, 11) is 1.66. The van der Waals surface area contributed by atoms with Crippen LogP contribution in [-0.2, 0) is 10.0 Å². The lowest BCUT2D eigenvalue weighted by Gasteiger charge is -2.41. The highest BCUT2D eigenvalue weighted by Gasteiger charge is 2.28. The van der Waals surface area contributed by atoms with Crippen molar-refractivity contribution in [1.29, 1.82) is 0 Å². The van der Waals surface area contributed by atoms with Crippen molar-refractivity contribution in [1.82, 2.24) is 14.1 Å². The third-order valence-electron chi connectivity index (χ3n) is 4.89. The molecule has 2 aromatic rings. The van der Waals surface area contributed by atoms with Crippen molar-refractivity contribution in [3.05, 3.63) is 60.2 Å². The van der Waals surface area contributed by atoms with Gasteiger partial charge in [0.1, 0.15) is 0 Å². The van der Waals surface area contributed by atoms with Crippen LogP contribution in [0, 0.1) is 0 Å². The van der Waals surface area contributed by atoms with E-state index in [1.807, 2.05) is 24.3 Å². The quantitative estimate of drug-likeness (QED) is 0.771. The van der Waals surface area contributed by atoms with Gasteiger partial charge in [0.05, 0.1) is 10.9 Å². The first-order chi connectivity index (χ1) is 13.3. The third kappa shape index (κ3) is 4.52. The standard InChI is InChI=1S/C20H26N4O2S2/c1-22(2)28(25,26)18-11-7-10-17(14-18)21-20(27)24-13-12-23(3)15-19(24)16-8-5-4-6-9-16/h4-11,14,19H,12-13,15H2,1-3H3,(H,21,27)/t19-/m0/s1. The van der Waals surface area contributed by atoms with E-state index in [9.17, 15) is 8.42 Å². The van der Waals surface area contributed by atoms with Crippen LogP contribution in [0.1, 0.15) is 11.6 Å². The van der Waals surface area contributed by atoms with Crippen molar-refractivity contribution in [3.63, 3.8) is 0 Å². The number of nitrogens with one attached hydrogen (secondary N) is 1. The molecule has 0 bridgehead atoms. The smallest absolute Gasteiger partial charge is 0.242 e. The van der Waals surface area contributed by atoms with Gasteiger partial charge in [-0.1, -0.05) is 36.4 Å². The molecule has 6 nitrogen and oxygen atoms in total. The molecule has 1 saturated heterocycles. The second-order valence-electron chi connectivity index (χ2n) is 7.13. The monoisotopic (exact) mass is 418 g/mol. The average Bonchev–Trinajstić information content (AvgIpc) is 2.68. The molecule has 3 rings (SSSR count). The number of hydrogen-bond donors (Lipinski definition) is 1. The van der Waals surface area contributed by atoms with Gasteiger partial charge < -0.3 is 15.1 Å². The number of likely N-dealkylation sites (N-methyl/N-ethyl adjacent to an activating group) is 1. The molecule has 28 heavy (non-hydrogen) atoms. The van der Waals surface area contributed by atoms with Crippen LogP contribution < -0.4 is 5.32 Å². The van der Waals surface area contributed by atoms with E-state index in [0.717, 1.165) is 19.6 Å². The summed E-state index contributed by atoms with van der Waals surface area (Å²) in [6.07, 6.45) is 0. The van der Waals surface area contributed by atoms with Crippen LogP contribution in [-0.4, -0.2) is 68.4 Å². The van der Waals surface area contributed by atoms with Gasteiger partial charge >= 0.3 is 0 Å². The van der Waals surface area contributed by atoms with Gasteiger partial charge in [-0.05, 0) is 43.0 Å². The molecule has 1 fully saturated rings. The summed E-state index contributed by atoms with van der Waals surface area (Å²) in [5, 5.41) is 3.83. The Kier molecular flexibility index (Phi) is 6.34.